The van der Waals surface area contributed by atoms with Gasteiger partial charge in [-0.15, -0.1) is 0 Å². The Morgan fingerprint density at radius 2 is 1.93 bits per heavy atom. The molecule has 1 aromatic rings. The van der Waals surface area contributed by atoms with Crippen LogP contribution in [0.3, 0.4) is 0 Å². The number of unbranched alkanes of at least 4 members (excludes halogenated alkanes) is 1. The van der Waals surface area contributed by atoms with Crippen LogP contribution < -0.4 is 11.1 Å². The maximum absolute atomic E-state index is 11.4. The lowest BCUT2D eigenvalue weighted by atomic mass is 10.2. The minimum Gasteiger partial charge on any atom is -0.330 e. The summed E-state index contributed by atoms with van der Waals surface area (Å²) in [4.78, 5) is 11.4. The highest BCUT2D eigenvalue weighted by Gasteiger charge is 2.01. The van der Waals surface area contributed by atoms with Crippen molar-refractivity contribution >= 4 is 27.5 Å². The van der Waals surface area contributed by atoms with E-state index < -0.39 is 0 Å². The zero-order valence-electron chi connectivity index (χ0n) is 8.50. The Kier molecular flexibility index (Phi) is 5.36. The van der Waals surface area contributed by atoms with Crippen LogP contribution in [0, 0.1) is 0 Å². The molecule has 0 aliphatic heterocycles. The molecule has 3 N–H and O–H groups in total. The van der Waals surface area contributed by atoms with Crippen molar-refractivity contribution in [2.24, 2.45) is 5.73 Å². The van der Waals surface area contributed by atoms with Gasteiger partial charge in [-0.05, 0) is 43.7 Å². The summed E-state index contributed by atoms with van der Waals surface area (Å²) in [5.41, 5.74) is 6.18. The molecule has 0 radical (unpaired) electrons. The van der Waals surface area contributed by atoms with Crippen molar-refractivity contribution in [1.82, 2.24) is 0 Å². The molecule has 0 spiro atoms. The standard InChI is InChI=1S/C11H15BrN2O/c12-9-4-6-10(7-5-9)14-11(15)3-1-2-8-13/h4-7H,1-3,8,13H2,(H,14,15). The van der Waals surface area contributed by atoms with E-state index in [9.17, 15) is 4.79 Å². The Hall–Kier alpha value is -0.870. The molecule has 0 aliphatic rings. The van der Waals surface area contributed by atoms with Gasteiger partial charge in [-0.25, -0.2) is 0 Å². The Morgan fingerprint density at radius 3 is 2.53 bits per heavy atom. The van der Waals surface area contributed by atoms with Crippen LogP contribution in [0.4, 0.5) is 5.69 Å². The van der Waals surface area contributed by atoms with E-state index in [1.807, 2.05) is 24.3 Å². The van der Waals surface area contributed by atoms with E-state index in [2.05, 4.69) is 21.2 Å². The predicted molar refractivity (Wildman–Crippen MR) is 65.7 cm³/mol. The van der Waals surface area contributed by atoms with Crippen molar-refractivity contribution in [3.8, 4) is 0 Å². The highest BCUT2D eigenvalue weighted by Crippen LogP contribution is 2.14. The van der Waals surface area contributed by atoms with Crippen LogP contribution in [-0.4, -0.2) is 12.5 Å². The fraction of sp³-hybridized carbons (Fsp3) is 0.364. The molecule has 1 rings (SSSR count). The topological polar surface area (TPSA) is 55.1 Å². The van der Waals surface area contributed by atoms with E-state index in [-0.39, 0.29) is 5.91 Å². The van der Waals surface area contributed by atoms with Crippen LogP contribution in [0.1, 0.15) is 19.3 Å². The molecule has 0 saturated carbocycles. The van der Waals surface area contributed by atoms with Gasteiger partial charge in [0.25, 0.3) is 0 Å². The van der Waals surface area contributed by atoms with Gasteiger partial charge in [0.05, 0.1) is 0 Å². The van der Waals surface area contributed by atoms with Crippen LogP contribution in [0.2, 0.25) is 0 Å². The highest BCUT2D eigenvalue weighted by atomic mass is 79.9. The van der Waals surface area contributed by atoms with Crippen LogP contribution in [-0.2, 0) is 4.79 Å². The third-order valence-corrected chi connectivity index (χ3v) is 2.51. The number of rotatable bonds is 5. The summed E-state index contributed by atoms with van der Waals surface area (Å²) >= 11 is 3.34. The number of hydrogen-bond donors (Lipinski definition) is 2. The average molecular weight is 271 g/mol. The molecule has 0 aliphatic carbocycles. The molecule has 82 valence electrons. The van der Waals surface area contributed by atoms with E-state index in [1.54, 1.807) is 0 Å². The minimum atomic E-state index is 0.0470. The number of nitrogens with one attached hydrogen (secondary N) is 1. The van der Waals surface area contributed by atoms with Gasteiger partial charge in [0.15, 0.2) is 0 Å². The Bertz CT molecular complexity index is 311. The number of nitrogens with two attached hydrogens (primary N) is 1. The molecular weight excluding hydrogens is 256 g/mol. The SMILES string of the molecule is NCCCCC(=O)Nc1ccc(Br)cc1. The number of amides is 1. The zero-order chi connectivity index (χ0) is 11.1. The average Bonchev–Trinajstić information content (AvgIpc) is 2.22. The maximum Gasteiger partial charge on any atom is 0.224 e. The van der Waals surface area contributed by atoms with E-state index in [4.69, 9.17) is 5.73 Å². The number of hydrogen-bond acceptors (Lipinski definition) is 2. The molecule has 0 fully saturated rings. The monoisotopic (exact) mass is 270 g/mol. The van der Waals surface area contributed by atoms with Gasteiger partial charge >= 0.3 is 0 Å². The quantitative estimate of drug-likeness (QED) is 0.808. The van der Waals surface area contributed by atoms with Crippen LogP contribution in [0.15, 0.2) is 28.7 Å². The molecule has 1 amide bonds. The van der Waals surface area contributed by atoms with Gasteiger partial charge in [0, 0.05) is 16.6 Å². The van der Waals surface area contributed by atoms with Crippen LogP contribution in [0.25, 0.3) is 0 Å². The molecule has 0 saturated heterocycles. The first-order chi connectivity index (χ1) is 7.22. The molecule has 4 heteroatoms. The number of anilines is 1. The highest BCUT2D eigenvalue weighted by molar-refractivity contribution is 9.10. The summed E-state index contributed by atoms with van der Waals surface area (Å²) in [5, 5.41) is 2.83. The fourth-order valence-electron chi connectivity index (χ4n) is 1.19. The number of carbonyl (C=O) groups is 1. The van der Waals surface area contributed by atoms with Gasteiger partial charge < -0.3 is 11.1 Å². The number of halogens is 1. The van der Waals surface area contributed by atoms with Crippen molar-refractivity contribution in [3.05, 3.63) is 28.7 Å². The summed E-state index contributed by atoms with van der Waals surface area (Å²) in [6.45, 7) is 0.644. The van der Waals surface area contributed by atoms with Crippen molar-refractivity contribution in [2.45, 2.75) is 19.3 Å². The van der Waals surface area contributed by atoms with E-state index >= 15 is 0 Å². The van der Waals surface area contributed by atoms with Crippen LogP contribution >= 0.6 is 15.9 Å². The summed E-state index contributed by atoms with van der Waals surface area (Å²) in [6, 6.07) is 7.53. The largest absolute Gasteiger partial charge is 0.330 e. The van der Waals surface area contributed by atoms with Crippen molar-refractivity contribution in [3.63, 3.8) is 0 Å². The molecule has 15 heavy (non-hydrogen) atoms. The summed E-state index contributed by atoms with van der Waals surface area (Å²) in [5.74, 6) is 0.0470. The third-order valence-electron chi connectivity index (χ3n) is 1.99. The zero-order valence-corrected chi connectivity index (χ0v) is 10.1. The van der Waals surface area contributed by atoms with Gasteiger partial charge in [-0.2, -0.15) is 0 Å². The fourth-order valence-corrected chi connectivity index (χ4v) is 1.45. The Morgan fingerprint density at radius 1 is 1.27 bits per heavy atom. The lowest BCUT2D eigenvalue weighted by Crippen LogP contribution is -2.11. The molecule has 0 heterocycles. The molecule has 0 unspecified atom stereocenters. The van der Waals surface area contributed by atoms with Crippen molar-refractivity contribution in [1.29, 1.82) is 0 Å². The Balaban J connectivity index is 2.34. The number of carbonyl (C=O) groups excluding carboxylic acids is 1. The van der Waals surface area contributed by atoms with Gasteiger partial charge in [0.2, 0.25) is 5.91 Å². The van der Waals surface area contributed by atoms with E-state index in [0.29, 0.717) is 13.0 Å². The summed E-state index contributed by atoms with van der Waals surface area (Å²) < 4.78 is 1.00. The van der Waals surface area contributed by atoms with Crippen molar-refractivity contribution in [2.75, 3.05) is 11.9 Å². The lowest BCUT2D eigenvalue weighted by Gasteiger charge is -2.04. The first-order valence-electron chi connectivity index (χ1n) is 4.98. The van der Waals surface area contributed by atoms with E-state index in [1.165, 1.54) is 0 Å². The normalized spacial score (nSPS) is 10.0. The van der Waals surface area contributed by atoms with Gasteiger partial charge in [-0.3, -0.25) is 4.79 Å². The second kappa shape index (κ2) is 6.58. The molecule has 0 atom stereocenters. The summed E-state index contributed by atoms with van der Waals surface area (Å²) in [7, 11) is 0. The summed E-state index contributed by atoms with van der Waals surface area (Å²) in [6.07, 6.45) is 2.28. The lowest BCUT2D eigenvalue weighted by molar-refractivity contribution is -0.116. The molecule has 0 bridgehead atoms. The molecule has 0 aromatic heterocycles. The first-order valence-corrected chi connectivity index (χ1v) is 5.77. The third kappa shape index (κ3) is 4.95. The van der Waals surface area contributed by atoms with Crippen LogP contribution in [0.5, 0.6) is 0 Å². The van der Waals surface area contributed by atoms with Gasteiger partial charge in [0.1, 0.15) is 0 Å². The van der Waals surface area contributed by atoms with E-state index in [0.717, 1.165) is 23.0 Å². The second-order valence-corrected chi connectivity index (χ2v) is 4.22. The smallest absolute Gasteiger partial charge is 0.224 e. The second-order valence-electron chi connectivity index (χ2n) is 3.30. The molecular formula is C11H15BrN2O. The van der Waals surface area contributed by atoms with Crippen molar-refractivity contribution < 1.29 is 4.79 Å². The molecule has 1 aromatic carbocycles. The maximum atomic E-state index is 11.4. The Labute approximate surface area is 98.2 Å². The first kappa shape index (κ1) is 12.2. The van der Waals surface area contributed by atoms with Gasteiger partial charge in [-0.1, -0.05) is 15.9 Å². The minimum absolute atomic E-state index is 0.0470. The molecule has 3 nitrogen and oxygen atoms in total. The predicted octanol–water partition coefficient (Wildman–Crippen LogP) is 2.52. The number of benzene rings is 1.